The predicted molar refractivity (Wildman–Crippen MR) is 101 cm³/mol. The van der Waals surface area contributed by atoms with Gasteiger partial charge in [-0.1, -0.05) is 24.1 Å². The van der Waals surface area contributed by atoms with Crippen molar-refractivity contribution >= 4 is 17.7 Å². The number of nitrogens with one attached hydrogen (secondary N) is 1. The zero-order valence-corrected chi connectivity index (χ0v) is 14.1. The Labute approximate surface area is 155 Å². The normalized spacial score (nSPS) is 10.3. The smallest absolute Gasteiger partial charge is 0.248 e. The fraction of sp³-hybridized carbons (Fsp3) is 0. The first-order valence-corrected chi connectivity index (χ1v) is 8.08. The molecule has 1 aromatic heterocycles. The molecule has 0 radical (unpaired) electrons. The number of carbonyl (C=O) groups is 1. The molecule has 3 rings (SSSR count). The van der Waals surface area contributed by atoms with Gasteiger partial charge in [-0.25, -0.2) is 13.8 Å². The zero-order chi connectivity index (χ0) is 19.1. The number of nitrogens with zero attached hydrogens (tertiary/aromatic N) is 1. The lowest BCUT2D eigenvalue weighted by Crippen LogP contribution is -2.07. The van der Waals surface area contributed by atoms with Crippen molar-refractivity contribution in [2.45, 2.75) is 0 Å². The molecule has 0 saturated carbocycles. The van der Waals surface area contributed by atoms with Gasteiger partial charge in [-0.05, 0) is 54.5 Å². The summed E-state index contributed by atoms with van der Waals surface area (Å²) in [6.45, 7) is 0. The van der Waals surface area contributed by atoms with Crippen molar-refractivity contribution < 1.29 is 13.6 Å². The lowest BCUT2D eigenvalue weighted by Gasteiger charge is -2.03. The first-order chi connectivity index (χ1) is 13.1. The molecule has 0 unspecified atom stereocenters. The molecular weight excluding hydrogens is 346 g/mol. The van der Waals surface area contributed by atoms with Crippen LogP contribution in [0.4, 0.5) is 14.5 Å². The molecule has 0 spiro atoms. The quantitative estimate of drug-likeness (QED) is 0.555. The molecule has 1 N–H and O–H groups in total. The molecule has 0 aliphatic rings. The topological polar surface area (TPSA) is 42.0 Å². The third-order valence-electron chi connectivity index (χ3n) is 3.53. The minimum Gasteiger partial charge on any atom is -0.322 e. The van der Waals surface area contributed by atoms with Crippen LogP contribution in [0.2, 0.25) is 0 Å². The summed E-state index contributed by atoms with van der Waals surface area (Å²) in [6, 6.07) is 15.9. The van der Waals surface area contributed by atoms with Gasteiger partial charge in [-0.15, -0.1) is 0 Å². The second-order valence-electron chi connectivity index (χ2n) is 5.50. The first-order valence-electron chi connectivity index (χ1n) is 8.08. The van der Waals surface area contributed by atoms with E-state index in [0.717, 1.165) is 24.3 Å². The standard InChI is InChI=1S/C22H14F2N2O/c23-20-8-4-9-21(24)19(20)12-13-22(27)26-18-7-3-5-16(15-18)10-11-17-6-1-2-14-25-17/h1-9,12-15H,(H,26,27)/b13-12-. The van der Waals surface area contributed by atoms with E-state index in [2.05, 4.69) is 22.1 Å². The molecule has 2 aromatic carbocycles. The van der Waals surface area contributed by atoms with Gasteiger partial charge in [0.05, 0.1) is 0 Å². The SMILES string of the molecule is O=C(/C=C\c1c(F)cccc1F)Nc1cccc(C#Cc2ccccn2)c1. The van der Waals surface area contributed by atoms with Crippen LogP contribution in [0.15, 0.2) is 72.9 Å². The molecule has 0 aliphatic heterocycles. The molecule has 132 valence electrons. The van der Waals surface area contributed by atoms with Crippen molar-refractivity contribution in [1.82, 2.24) is 4.98 Å². The van der Waals surface area contributed by atoms with Crippen molar-refractivity contribution in [3.05, 3.63) is 101 Å². The van der Waals surface area contributed by atoms with Crippen LogP contribution in [-0.2, 0) is 4.79 Å². The highest BCUT2D eigenvalue weighted by molar-refractivity contribution is 6.02. The number of amides is 1. The monoisotopic (exact) mass is 360 g/mol. The van der Waals surface area contributed by atoms with Gasteiger partial charge in [0.1, 0.15) is 17.3 Å². The fourth-order valence-corrected chi connectivity index (χ4v) is 2.26. The average Bonchev–Trinajstić information content (AvgIpc) is 2.67. The van der Waals surface area contributed by atoms with E-state index in [0.29, 0.717) is 16.9 Å². The summed E-state index contributed by atoms with van der Waals surface area (Å²) in [5.41, 5.74) is 1.60. The summed E-state index contributed by atoms with van der Waals surface area (Å²) in [6.07, 6.45) is 3.84. The highest BCUT2D eigenvalue weighted by Gasteiger charge is 2.05. The number of carbonyl (C=O) groups excluding carboxylic acids is 1. The van der Waals surface area contributed by atoms with Gasteiger partial charge in [-0.2, -0.15) is 0 Å². The second-order valence-corrected chi connectivity index (χ2v) is 5.50. The van der Waals surface area contributed by atoms with Crippen LogP contribution in [0, 0.1) is 23.5 Å². The molecule has 1 amide bonds. The zero-order valence-electron chi connectivity index (χ0n) is 14.1. The Hall–Kier alpha value is -3.78. The molecular formula is C22H14F2N2O. The van der Waals surface area contributed by atoms with Crippen LogP contribution in [-0.4, -0.2) is 10.9 Å². The Morgan fingerprint density at radius 2 is 1.74 bits per heavy atom. The third kappa shape index (κ3) is 5.10. The molecule has 1 heterocycles. The Bertz CT molecular complexity index is 1030. The molecule has 3 nitrogen and oxygen atoms in total. The fourth-order valence-electron chi connectivity index (χ4n) is 2.26. The summed E-state index contributed by atoms with van der Waals surface area (Å²) in [4.78, 5) is 16.1. The van der Waals surface area contributed by atoms with Gasteiger partial charge in [0.25, 0.3) is 0 Å². The van der Waals surface area contributed by atoms with E-state index in [1.54, 1.807) is 36.5 Å². The molecule has 3 aromatic rings. The lowest BCUT2D eigenvalue weighted by atomic mass is 10.1. The molecule has 5 heteroatoms. The second kappa shape index (κ2) is 8.54. The van der Waals surface area contributed by atoms with E-state index in [1.807, 2.05) is 12.1 Å². The highest BCUT2D eigenvalue weighted by Crippen LogP contribution is 2.14. The average molecular weight is 360 g/mol. The molecule has 27 heavy (non-hydrogen) atoms. The number of aromatic nitrogens is 1. The van der Waals surface area contributed by atoms with Crippen molar-refractivity contribution in [2.75, 3.05) is 5.32 Å². The third-order valence-corrected chi connectivity index (χ3v) is 3.53. The van der Waals surface area contributed by atoms with Crippen molar-refractivity contribution in [3.8, 4) is 11.8 Å². The van der Waals surface area contributed by atoms with Crippen LogP contribution in [0.5, 0.6) is 0 Å². The number of benzene rings is 2. The van der Waals surface area contributed by atoms with E-state index < -0.39 is 17.5 Å². The van der Waals surface area contributed by atoms with Crippen LogP contribution in [0.1, 0.15) is 16.8 Å². The number of pyridine rings is 1. The first kappa shape index (κ1) is 18.0. The summed E-state index contributed by atoms with van der Waals surface area (Å²) >= 11 is 0. The Morgan fingerprint density at radius 3 is 2.48 bits per heavy atom. The molecule has 0 saturated heterocycles. The van der Waals surface area contributed by atoms with E-state index in [9.17, 15) is 13.6 Å². The molecule has 0 atom stereocenters. The summed E-state index contributed by atoms with van der Waals surface area (Å²) in [5, 5.41) is 2.64. The number of rotatable bonds is 3. The Kier molecular flexibility index (Phi) is 5.70. The molecule has 0 fully saturated rings. The summed E-state index contributed by atoms with van der Waals surface area (Å²) < 4.78 is 27.1. The van der Waals surface area contributed by atoms with E-state index in [4.69, 9.17) is 0 Å². The van der Waals surface area contributed by atoms with Crippen LogP contribution in [0.3, 0.4) is 0 Å². The highest BCUT2D eigenvalue weighted by atomic mass is 19.1. The minimum atomic E-state index is -0.731. The van der Waals surface area contributed by atoms with Gasteiger partial charge in [0.15, 0.2) is 0 Å². The van der Waals surface area contributed by atoms with E-state index in [-0.39, 0.29) is 5.56 Å². The molecule has 0 aliphatic carbocycles. The number of halogens is 2. The van der Waals surface area contributed by atoms with E-state index >= 15 is 0 Å². The summed E-state index contributed by atoms with van der Waals surface area (Å²) in [7, 11) is 0. The maximum Gasteiger partial charge on any atom is 0.248 e. The number of hydrogen-bond acceptors (Lipinski definition) is 2. The van der Waals surface area contributed by atoms with Crippen LogP contribution >= 0.6 is 0 Å². The summed E-state index contributed by atoms with van der Waals surface area (Å²) in [5.74, 6) is 3.93. The maximum absolute atomic E-state index is 13.6. The van der Waals surface area contributed by atoms with Crippen LogP contribution < -0.4 is 5.32 Å². The van der Waals surface area contributed by atoms with Gasteiger partial charge in [0, 0.05) is 29.1 Å². The lowest BCUT2D eigenvalue weighted by molar-refractivity contribution is -0.111. The van der Waals surface area contributed by atoms with Crippen molar-refractivity contribution in [3.63, 3.8) is 0 Å². The van der Waals surface area contributed by atoms with Gasteiger partial charge in [0.2, 0.25) is 5.91 Å². The van der Waals surface area contributed by atoms with Crippen molar-refractivity contribution in [1.29, 1.82) is 0 Å². The Balaban J connectivity index is 1.70. The minimum absolute atomic E-state index is 0.261. The largest absolute Gasteiger partial charge is 0.322 e. The predicted octanol–water partition coefficient (Wildman–Crippen LogP) is 4.41. The van der Waals surface area contributed by atoms with E-state index in [1.165, 1.54) is 6.07 Å². The van der Waals surface area contributed by atoms with Crippen LogP contribution in [0.25, 0.3) is 6.08 Å². The van der Waals surface area contributed by atoms with Gasteiger partial charge >= 0.3 is 0 Å². The van der Waals surface area contributed by atoms with Crippen molar-refractivity contribution in [2.24, 2.45) is 0 Å². The number of hydrogen-bond donors (Lipinski definition) is 1. The maximum atomic E-state index is 13.6. The van der Waals surface area contributed by atoms with Gasteiger partial charge in [-0.3, -0.25) is 4.79 Å². The Morgan fingerprint density at radius 1 is 0.963 bits per heavy atom. The number of anilines is 1. The molecule has 0 bridgehead atoms. The van der Waals surface area contributed by atoms with Gasteiger partial charge < -0.3 is 5.32 Å².